The van der Waals surface area contributed by atoms with Gasteiger partial charge in [0.05, 0.1) is 6.10 Å². The molecule has 0 spiro atoms. The maximum Gasteiger partial charge on any atom is 0.193 e. The average molecular weight is 356 g/mol. The van der Waals surface area contributed by atoms with Gasteiger partial charge in [0.2, 0.25) is 0 Å². The van der Waals surface area contributed by atoms with Crippen LogP contribution in [0, 0.1) is 0 Å². The summed E-state index contributed by atoms with van der Waals surface area (Å²) in [5.41, 5.74) is 1.31. The molecule has 2 nitrogen and oxygen atoms in total. The van der Waals surface area contributed by atoms with Crippen molar-refractivity contribution in [3.05, 3.63) is 35.9 Å². The third-order valence-electron chi connectivity index (χ3n) is 4.25. The van der Waals surface area contributed by atoms with Crippen molar-refractivity contribution in [2.75, 3.05) is 12.4 Å². The molecule has 1 aromatic carbocycles. The van der Waals surface area contributed by atoms with Crippen molar-refractivity contribution in [3.63, 3.8) is 0 Å². The highest BCUT2D eigenvalue weighted by atomic mass is 35.5. The summed E-state index contributed by atoms with van der Waals surface area (Å²) in [5.74, 6) is 0.577. The van der Waals surface area contributed by atoms with Crippen LogP contribution >= 0.6 is 11.6 Å². The highest BCUT2D eigenvalue weighted by Crippen LogP contribution is 2.29. The van der Waals surface area contributed by atoms with Crippen LogP contribution in [-0.4, -0.2) is 26.8 Å². The monoisotopic (exact) mass is 355 g/mol. The fourth-order valence-corrected chi connectivity index (χ4v) is 8.36. The van der Waals surface area contributed by atoms with Crippen molar-refractivity contribution in [2.45, 2.75) is 70.8 Å². The molecule has 0 saturated carbocycles. The van der Waals surface area contributed by atoms with Crippen LogP contribution in [0.1, 0.15) is 45.6 Å². The van der Waals surface area contributed by atoms with E-state index in [4.69, 9.17) is 16.0 Å². The SMILES string of the molecule is CCC[Si](CCC)(CCC)OC(CCl)CNCc1ccccc1. The Morgan fingerprint density at radius 1 is 1.00 bits per heavy atom. The molecule has 0 aliphatic carbocycles. The predicted octanol–water partition coefficient (Wildman–Crippen LogP) is 5.58. The fraction of sp³-hybridized carbons (Fsp3) is 0.684. The molecule has 4 heteroatoms. The van der Waals surface area contributed by atoms with E-state index in [-0.39, 0.29) is 6.10 Å². The standard InChI is InChI=1S/C19H34ClNOSi/c1-4-12-23(13-5-2,14-6-3)22-19(15-20)17-21-16-18-10-8-7-9-11-18/h7-11,19,21H,4-6,12-17H2,1-3H3. The minimum Gasteiger partial charge on any atom is -0.411 e. The average Bonchev–Trinajstić information content (AvgIpc) is 2.55. The molecular weight excluding hydrogens is 322 g/mol. The third kappa shape index (κ3) is 7.84. The van der Waals surface area contributed by atoms with Gasteiger partial charge in [-0.25, -0.2) is 0 Å². The molecular formula is C19H34ClNOSi. The van der Waals surface area contributed by atoms with Crippen molar-refractivity contribution >= 4 is 19.9 Å². The van der Waals surface area contributed by atoms with E-state index in [0.717, 1.165) is 13.1 Å². The number of hydrogen-bond donors (Lipinski definition) is 1. The zero-order chi connectivity index (χ0) is 17.0. The highest BCUT2D eigenvalue weighted by Gasteiger charge is 2.34. The fourth-order valence-electron chi connectivity index (χ4n) is 3.37. The molecule has 0 aliphatic heterocycles. The van der Waals surface area contributed by atoms with Crippen molar-refractivity contribution in [1.29, 1.82) is 0 Å². The Bertz CT molecular complexity index is 385. The van der Waals surface area contributed by atoms with E-state index in [9.17, 15) is 0 Å². The molecule has 1 aromatic rings. The van der Waals surface area contributed by atoms with Gasteiger partial charge in [-0.05, 0) is 23.7 Å². The lowest BCUT2D eigenvalue weighted by atomic mass is 10.2. The highest BCUT2D eigenvalue weighted by molar-refractivity contribution is 6.73. The summed E-state index contributed by atoms with van der Waals surface area (Å²) in [4.78, 5) is 0. The van der Waals surface area contributed by atoms with Crippen LogP contribution in [0.5, 0.6) is 0 Å². The zero-order valence-electron chi connectivity index (χ0n) is 15.1. The van der Waals surface area contributed by atoms with Crippen molar-refractivity contribution in [3.8, 4) is 0 Å². The second-order valence-corrected chi connectivity index (χ2v) is 10.9. The number of hydrogen-bond acceptors (Lipinski definition) is 2. The quantitative estimate of drug-likeness (QED) is 0.368. The van der Waals surface area contributed by atoms with Gasteiger partial charge in [-0.2, -0.15) is 0 Å². The van der Waals surface area contributed by atoms with Crippen LogP contribution in [0.4, 0.5) is 0 Å². The molecule has 1 rings (SSSR count). The summed E-state index contributed by atoms with van der Waals surface area (Å²) in [7, 11) is -1.63. The summed E-state index contributed by atoms with van der Waals surface area (Å²) in [6.07, 6.45) is 3.80. The van der Waals surface area contributed by atoms with Gasteiger partial charge >= 0.3 is 0 Å². The molecule has 0 aromatic heterocycles. The second-order valence-electron chi connectivity index (χ2n) is 6.44. The lowest BCUT2D eigenvalue weighted by Gasteiger charge is -2.35. The van der Waals surface area contributed by atoms with Gasteiger partial charge in [-0.3, -0.25) is 0 Å². The third-order valence-corrected chi connectivity index (χ3v) is 9.66. The number of alkyl halides is 1. The Balaban J connectivity index is 2.56. The molecule has 0 bridgehead atoms. The van der Waals surface area contributed by atoms with Crippen molar-refractivity contribution < 1.29 is 4.43 Å². The molecule has 0 saturated heterocycles. The molecule has 0 aliphatic rings. The molecule has 23 heavy (non-hydrogen) atoms. The summed E-state index contributed by atoms with van der Waals surface area (Å²) in [5, 5.41) is 3.51. The molecule has 0 amide bonds. The van der Waals surface area contributed by atoms with E-state index in [0.29, 0.717) is 5.88 Å². The summed E-state index contributed by atoms with van der Waals surface area (Å²) in [6, 6.07) is 14.3. The minimum absolute atomic E-state index is 0.136. The van der Waals surface area contributed by atoms with E-state index in [2.05, 4.69) is 50.4 Å². The topological polar surface area (TPSA) is 21.3 Å². The molecule has 0 fully saturated rings. The van der Waals surface area contributed by atoms with E-state index in [1.807, 2.05) is 6.07 Å². The van der Waals surface area contributed by atoms with Gasteiger partial charge in [0.15, 0.2) is 8.32 Å². The molecule has 0 heterocycles. The zero-order valence-corrected chi connectivity index (χ0v) is 16.9. The van der Waals surface area contributed by atoms with E-state index in [1.54, 1.807) is 0 Å². The van der Waals surface area contributed by atoms with Crippen LogP contribution in [0.2, 0.25) is 18.1 Å². The Morgan fingerprint density at radius 3 is 2.04 bits per heavy atom. The van der Waals surface area contributed by atoms with Crippen LogP contribution < -0.4 is 5.32 Å². The largest absolute Gasteiger partial charge is 0.411 e. The van der Waals surface area contributed by atoms with Crippen LogP contribution in [0.3, 0.4) is 0 Å². The minimum atomic E-state index is -1.63. The van der Waals surface area contributed by atoms with Crippen LogP contribution in [-0.2, 0) is 11.0 Å². The predicted molar refractivity (Wildman–Crippen MR) is 105 cm³/mol. The van der Waals surface area contributed by atoms with E-state index in [1.165, 1.54) is 43.0 Å². The van der Waals surface area contributed by atoms with Gasteiger partial charge in [0.1, 0.15) is 0 Å². The number of halogens is 1. The smallest absolute Gasteiger partial charge is 0.193 e. The first-order valence-electron chi connectivity index (χ1n) is 9.18. The molecule has 1 unspecified atom stereocenters. The number of rotatable bonds is 13. The van der Waals surface area contributed by atoms with E-state index >= 15 is 0 Å². The first kappa shape index (κ1) is 20.7. The molecule has 1 atom stereocenters. The van der Waals surface area contributed by atoms with Gasteiger partial charge in [0, 0.05) is 19.0 Å². The summed E-state index contributed by atoms with van der Waals surface area (Å²) >= 11 is 6.21. The summed E-state index contributed by atoms with van der Waals surface area (Å²) in [6.45, 7) is 8.55. The van der Waals surface area contributed by atoms with E-state index < -0.39 is 8.32 Å². The van der Waals surface area contributed by atoms with Gasteiger partial charge in [-0.1, -0.05) is 70.4 Å². The molecule has 0 radical (unpaired) electrons. The maximum atomic E-state index is 6.69. The van der Waals surface area contributed by atoms with Gasteiger partial charge in [0.25, 0.3) is 0 Å². The Morgan fingerprint density at radius 2 is 1.57 bits per heavy atom. The van der Waals surface area contributed by atoms with Gasteiger partial charge in [-0.15, -0.1) is 11.6 Å². The lowest BCUT2D eigenvalue weighted by molar-refractivity contribution is 0.202. The molecule has 132 valence electrons. The van der Waals surface area contributed by atoms with Gasteiger partial charge < -0.3 is 9.74 Å². The maximum absolute atomic E-state index is 6.69. The Labute approximate surface area is 149 Å². The number of benzene rings is 1. The Hall–Kier alpha value is -0.353. The normalized spacial score (nSPS) is 13.2. The Kier molecular flexibility index (Phi) is 10.9. The van der Waals surface area contributed by atoms with Crippen LogP contribution in [0.15, 0.2) is 30.3 Å². The second kappa shape index (κ2) is 12.1. The van der Waals surface area contributed by atoms with Crippen LogP contribution in [0.25, 0.3) is 0 Å². The van der Waals surface area contributed by atoms with Crippen molar-refractivity contribution in [2.24, 2.45) is 0 Å². The number of nitrogens with one attached hydrogen (secondary N) is 1. The van der Waals surface area contributed by atoms with Crippen molar-refractivity contribution in [1.82, 2.24) is 5.32 Å². The molecule has 1 N–H and O–H groups in total. The summed E-state index contributed by atoms with van der Waals surface area (Å²) < 4.78 is 6.69. The first-order valence-corrected chi connectivity index (χ1v) is 12.2. The first-order chi connectivity index (χ1) is 11.2. The lowest BCUT2D eigenvalue weighted by Crippen LogP contribution is -2.45.